The SMILES string of the molecule is O=C(O)c1cc([N+](=O)[O-])ccc1CN1CCOCC1=O. The molecule has 0 radical (unpaired) electrons. The lowest BCUT2D eigenvalue weighted by Crippen LogP contribution is -2.41. The number of amides is 1. The molecule has 8 heteroatoms. The highest BCUT2D eigenvalue weighted by atomic mass is 16.6. The van der Waals surface area contributed by atoms with Crippen LogP contribution in [0.15, 0.2) is 18.2 Å². The Morgan fingerprint density at radius 1 is 1.50 bits per heavy atom. The average Bonchev–Trinajstić information content (AvgIpc) is 2.41. The van der Waals surface area contributed by atoms with Crippen molar-refractivity contribution >= 4 is 17.6 Å². The molecule has 0 saturated carbocycles. The number of nitrogens with zero attached hydrogens (tertiary/aromatic N) is 2. The second kappa shape index (κ2) is 5.66. The van der Waals surface area contributed by atoms with Gasteiger partial charge in [0.2, 0.25) is 5.91 Å². The van der Waals surface area contributed by atoms with Gasteiger partial charge in [0.15, 0.2) is 0 Å². The van der Waals surface area contributed by atoms with Crippen LogP contribution >= 0.6 is 0 Å². The number of carboxylic acid groups (broad SMARTS) is 1. The minimum absolute atomic E-state index is 0.0324. The predicted molar refractivity (Wildman–Crippen MR) is 66.3 cm³/mol. The van der Waals surface area contributed by atoms with Crippen molar-refractivity contribution in [2.45, 2.75) is 6.54 Å². The van der Waals surface area contributed by atoms with Crippen LogP contribution in [0, 0.1) is 10.1 Å². The number of hydrogen-bond donors (Lipinski definition) is 1. The van der Waals surface area contributed by atoms with Gasteiger partial charge < -0.3 is 14.7 Å². The summed E-state index contributed by atoms with van der Waals surface area (Å²) in [5.74, 6) is -1.49. The fraction of sp³-hybridized carbons (Fsp3) is 0.333. The number of ether oxygens (including phenoxy) is 1. The maximum Gasteiger partial charge on any atom is 0.336 e. The van der Waals surface area contributed by atoms with E-state index in [1.807, 2.05) is 0 Å². The standard InChI is InChI=1S/C12H12N2O6/c15-11-7-20-4-3-13(11)6-8-1-2-9(14(18)19)5-10(8)12(16)17/h1-2,5H,3-4,6-7H2,(H,16,17). The monoisotopic (exact) mass is 280 g/mol. The van der Waals surface area contributed by atoms with E-state index >= 15 is 0 Å². The lowest BCUT2D eigenvalue weighted by atomic mass is 10.1. The van der Waals surface area contributed by atoms with E-state index in [-0.39, 0.29) is 30.3 Å². The van der Waals surface area contributed by atoms with Gasteiger partial charge >= 0.3 is 5.97 Å². The summed E-state index contributed by atoms with van der Waals surface area (Å²) in [5.41, 5.74) is -0.101. The zero-order chi connectivity index (χ0) is 14.7. The van der Waals surface area contributed by atoms with E-state index < -0.39 is 10.9 Å². The Hall–Kier alpha value is -2.48. The maximum absolute atomic E-state index is 11.6. The van der Waals surface area contributed by atoms with Crippen LogP contribution in [-0.2, 0) is 16.1 Å². The summed E-state index contributed by atoms with van der Waals surface area (Å²) in [7, 11) is 0. The van der Waals surface area contributed by atoms with Crippen LogP contribution < -0.4 is 0 Å². The zero-order valence-corrected chi connectivity index (χ0v) is 10.4. The Labute approximate surface area is 113 Å². The quantitative estimate of drug-likeness (QED) is 0.640. The molecule has 2 rings (SSSR count). The summed E-state index contributed by atoms with van der Waals surface area (Å²) in [6.45, 7) is 0.827. The van der Waals surface area contributed by atoms with Crippen molar-refractivity contribution in [3.8, 4) is 0 Å². The second-order valence-corrected chi connectivity index (χ2v) is 4.27. The normalized spacial score (nSPS) is 15.2. The van der Waals surface area contributed by atoms with Gasteiger partial charge in [0.25, 0.3) is 5.69 Å². The van der Waals surface area contributed by atoms with Crippen molar-refractivity contribution in [3.05, 3.63) is 39.4 Å². The van der Waals surface area contributed by atoms with Crippen LogP contribution in [0.4, 0.5) is 5.69 Å². The topological polar surface area (TPSA) is 110 Å². The molecule has 1 heterocycles. The number of carboxylic acids is 1. The molecule has 0 spiro atoms. The molecule has 8 nitrogen and oxygen atoms in total. The molecule has 20 heavy (non-hydrogen) atoms. The van der Waals surface area contributed by atoms with Crippen molar-refractivity contribution in [1.82, 2.24) is 4.90 Å². The van der Waals surface area contributed by atoms with E-state index in [0.29, 0.717) is 18.7 Å². The fourth-order valence-electron chi connectivity index (χ4n) is 1.94. The number of nitro groups is 1. The molecule has 0 unspecified atom stereocenters. The van der Waals surface area contributed by atoms with Crippen molar-refractivity contribution in [3.63, 3.8) is 0 Å². The second-order valence-electron chi connectivity index (χ2n) is 4.27. The molecule has 1 saturated heterocycles. The highest BCUT2D eigenvalue weighted by molar-refractivity contribution is 5.90. The number of non-ortho nitro benzene ring substituents is 1. The minimum Gasteiger partial charge on any atom is -0.478 e. The van der Waals surface area contributed by atoms with Crippen molar-refractivity contribution < 1.29 is 24.4 Å². The van der Waals surface area contributed by atoms with Gasteiger partial charge in [-0.05, 0) is 11.6 Å². The Kier molecular flexibility index (Phi) is 3.94. The van der Waals surface area contributed by atoms with Crippen LogP contribution in [0.3, 0.4) is 0 Å². The molecular weight excluding hydrogens is 268 g/mol. The van der Waals surface area contributed by atoms with Crippen LogP contribution in [0.1, 0.15) is 15.9 Å². The molecule has 1 aromatic rings. The molecule has 1 amide bonds. The van der Waals surface area contributed by atoms with Crippen molar-refractivity contribution in [1.29, 1.82) is 0 Å². The molecular formula is C12H12N2O6. The number of carbonyl (C=O) groups is 2. The largest absolute Gasteiger partial charge is 0.478 e. The van der Waals surface area contributed by atoms with Gasteiger partial charge in [0.1, 0.15) is 6.61 Å². The van der Waals surface area contributed by atoms with Crippen LogP contribution in [0.2, 0.25) is 0 Å². The highest BCUT2D eigenvalue weighted by Crippen LogP contribution is 2.20. The number of benzene rings is 1. The molecule has 1 fully saturated rings. The van der Waals surface area contributed by atoms with E-state index in [2.05, 4.69) is 0 Å². The van der Waals surface area contributed by atoms with E-state index in [0.717, 1.165) is 6.07 Å². The predicted octanol–water partition coefficient (Wildman–Crippen LogP) is 0.652. The third kappa shape index (κ3) is 2.91. The van der Waals surface area contributed by atoms with Crippen LogP contribution in [0.25, 0.3) is 0 Å². The number of rotatable bonds is 4. The third-order valence-electron chi connectivity index (χ3n) is 2.98. The third-order valence-corrected chi connectivity index (χ3v) is 2.98. The first-order valence-electron chi connectivity index (χ1n) is 5.85. The zero-order valence-electron chi connectivity index (χ0n) is 10.4. The Bertz CT molecular complexity index is 571. The summed E-state index contributed by atoms with van der Waals surface area (Å²) in [4.78, 5) is 34.2. The summed E-state index contributed by atoms with van der Waals surface area (Å²) in [6, 6.07) is 3.60. The number of morpholine rings is 1. The van der Waals surface area contributed by atoms with E-state index in [9.17, 15) is 19.7 Å². The smallest absolute Gasteiger partial charge is 0.336 e. The molecule has 0 atom stereocenters. The van der Waals surface area contributed by atoms with Gasteiger partial charge in [-0.3, -0.25) is 14.9 Å². The van der Waals surface area contributed by atoms with Crippen LogP contribution in [-0.4, -0.2) is 46.6 Å². The Morgan fingerprint density at radius 3 is 2.85 bits per heavy atom. The number of nitro benzene ring substituents is 1. The fourth-order valence-corrected chi connectivity index (χ4v) is 1.94. The van der Waals surface area contributed by atoms with E-state index in [1.54, 1.807) is 0 Å². The lowest BCUT2D eigenvalue weighted by molar-refractivity contribution is -0.384. The Morgan fingerprint density at radius 2 is 2.25 bits per heavy atom. The number of carbonyl (C=O) groups excluding carboxylic acids is 1. The number of hydrogen-bond acceptors (Lipinski definition) is 5. The summed E-state index contributed by atoms with van der Waals surface area (Å²) >= 11 is 0. The van der Waals surface area contributed by atoms with Gasteiger partial charge in [-0.15, -0.1) is 0 Å². The van der Waals surface area contributed by atoms with E-state index in [1.165, 1.54) is 17.0 Å². The first kappa shape index (κ1) is 13.9. The molecule has 1 N–H and O–H groups in total. The highest BCUT2D eigenvalue weighted by Gasteiger charge is 2.22. The minimum atomic E-state index is -1.26. The molecule has 1 aliphatic rings. The summed E-state index contributed by atoms with van der Waals surface area (Å²) < 4.78 is 4.98. The molecule has 1 aliphatic heterocycles. The first-order chi connectivity index (χ1) is 9.49. The van der Waals surface area contributed by atoms with Gasteiger partial charge in [-0.25, -0.2) is 4.79 Å². The molecule has 1 aromatic carbocycles. The van der Waals surface area contributed by atoms with E-state index in [4.69, 9.17) is 9.84 Å². The summed E-state index contributed by atoms with van der Waals surface area (Å²) in [6.07, 6.45) is 0. The molecule has 106 valence electrons. The first-order valence-corrected chi connectivity index (χ1v) is 5.85. The number of aromatic carboxylic acids is 1. The van der Waals surface area contributed by atoms with Crippen LogP contribution in [0.5, 0.6) is 0 Å². The lowest BCUT2D eigenvalue weighted by Gasteiger charge is -2.27. The Balaban J connectivity index is 2.28. The van der Waals surface area contributed by atoms with Crippen molar-refractivity contribution in [2.75, 3.05) is 19.8 Å². The van der Waals surface area contributed by atoms with Gasteiger partial charge in [0.05, 0.1) is 17.1 Å². The molecule has 0 bridgehead atoms. The van der Waals surface area contributed by atoms with Gasteiger partial charge in [-0.1, -0.05) is 0 Å². The maximum atomic E-state index is 11.6. The van der Waals surface area contributed by atoms with Gasteiger partial charge in [0, 0.05) is 25.2 Å². The molecule has 0 aliphatic carbocycles. The molecule has 0 aromatic heterocycles. The average molecular weight is 280 g/mol. The van der Waals surface area contributed by atoms with Gasteiger partial charge in [-0.2, -0.15) is 0 Å². The van der Waals surface area contributed by atoms with Crippen molar-refractivity contribution in [2.24, 2.45) is 0 Å². The summed E-state index contributed by atoms with van der Waals surface area (Å²) in [5, 5.41) is 19.8.